The van der Waals surface area contributed by atoms with Gasteiger partial charge in [-0.25, -0.2) is 0 Å². The van der Waals surface area contributed by atoms with Gasteiger partial charge in [-0.1, -0.05) is 33.6 Å². The zero-order valence-corrected chi connectivity index (χ0v) is 14.9. The summed E-state index contributed by atoms with van der Waals surface area (Å²) in [7, 11) is 0. The van der Waals surface area contributed by atoms with E-state index in [0.717, 1.165) is 21.4 Å². The molecule has 0 saturated heterocycles. The van der Waals surface area contributed by atoms with E-state index in [1.807, 2.05) is 0 Å². The van der Waals surface area contributed by atoms with E-state index in [2.05, 4.69) is 82.2 Å². The van der Waals surface area contributed by atoms with Crippen molar-refractivity contribution in [3.63, 3.8) is 0 Å². The fourth-order valence-electron chi connectivity index (χ4n) is 2.97. The maximum absolute atomic E-state index is 8.36. The molecule has 0 aliphatic heterocycles. The van der Waals surface area contributed by atoms with Crippen molar-refractivity contribution in [1.82, 2.24) is 9.97 Å². The predicted molar refractivity (Wildman–Crippen MR) is 101 cm³/mol. The lowest BCUT2D eigenvalue weighted by atomic mass is 10.1. The molecular formula is C19H17BrN2O2. The van der Waals surface area contributed by atoms with E-state index in [4.69, 9.17) is 9.90 Å². The maximum Gasteiger partial charge on any atom is 0.290 e. The van der Waals surface area contributed by atoms with Crippen LogP contribution >= 0.6 is 15.9 Å². The van der Waals surface area contributed by atoms with Crippen LogP contribution in [0.15, 0.2) is 46.9 Å². The van der Waals surface area contributed by atoms with Crippen LogP contribution in [0.3, 0.4) is 0 Å². The molecule has 0 bridgehead atoms. The molecule has 0 spiro atoms. The first-order chi connectivity index (χ1) is 11.5. The Labute approximate surface area is 147 Å². The van der Waals surface area contributed by atoms with Gasteiger partial charge in [0.2, 0.25) is 0 Å². The van der Waals surface area contributed by atoms with Crippen molar-refractivity contribution >= 4 is 44.2 Å². The third-order valence-electron chi connectivity index (χ3n) is 4.07. The molecule has 0 aliphatic carbocycles. The molecule has 24 heavy (non-hydrogen) atoms. The number of aromatic nitrogens is 2. The van der Waals surface area contributed by atoms with Gasteiger partial charge in [-0.2, -0.15) is 0 Å². The van der Waals surface area contributed by atoms with Crippen molar-refractivity contribution in [2.45, 2.75) is 13.8 Å². The van der Waals surface area contributed by atoms with E-state index in [-0.39, 0.29) is 6.47 Å². The molecule has 0 atom stereocenters. The summed E-state index contributed by atoms with van der Waals surface area (Å²) in [5, 5.41) is 9.41. The fourth-order valence-corrected chi connectivity index (χ4v) is 3.33. The first-order valence-electron chi connectivity index (χ1n) is 7.49. The van der Waals surface area contributed by atoms with Gasteiger partial charge < -0.3 is 15.1 Å². The normalized spacial score (nSPS) is 10.6. The molecule has 0 aliphatic rings. The van der Waals surface area contributed by atoms with E-state index < -0.39 is 0 Å². The lowest BCUT2D eigenvalue weighted by molar-refractivity contribution is -0.122. The largest absolute Gasteiger partial charge is 0.483 e. The summed E-state index contributed by atoms with van der Waals surface area (Å²) >= 11 is 3.53. The minimum atomic E-state index is -0.250. The average Bonchev–Trinajstić information content (AvgIpc) is 3.08. The highest BCUT2D eigenvalue weighted by Crippen LogP contribution is 2.32. The van der Waals surface area contributed by atoms with E-state index in [1.54, 1.807) is 0 Å². The van der Waals surface area contributed by atoms with Crippen LogP contribution in [-0.2, 0) is 4.79 Å². The molecule has 4 nitrogen and oxygen atoms in total. The number of nitrogens with one attached hydrogen (secondary N) is 2. The highest BCUT2D eigenvalue weighted by molar-refractivity contribution is 9.10. The molecule has 5 heteroatoms. The highest BCUT2D eigenvalue weighted by Gasteiger charge is 2.12. The summed E-state index contributed by atoms with van der Waals surface area (Å²) in [6.45, 7) is 4.04. The lowest BCUT2D eigenvalue weighted by Crippen LogP contribution is -1.79. The molecule has 4 aromatic rings. The number of aryl methyl sites for hydroxylation is 2. The second kappa shape index (κ2) is 6.53. The third-order valence-corrected chi connectivity index (χ3v) is 4.56. The van der Waals surface area contributed by atoms with Gasteiger partial charge >= 0.3 is 0 Å². The molecule has 2 aromatic heterocycles. The molecule has 0 unspecified atom stereocenters. The molecule has 4 rings (SSSR count). The third kappa shape index (κ3) is 2.95. The Morgan fingerprint density at radius 2 is 1.75 bits per heavy atom. The van der Waals surface area contributed by atoms with Crippen molar-refractivity contribution in [3.8, 4) is 11.4 Å². The number of carboxylic acid groups (broad SMARTS) is 1. The zero-order valence-electron chi connectivity index (χ0n) is 13.4. The van der Waals surface area contributed by atoms with Crippen LogP contribution < -0.4 is 0 Å². The highest BCUT2D eigenvalue weighted by atomic mass is 79.9. The number of carbonyl (C=O) groups is 1. The Kier molecular flexibility index (Phi) is 4.44. The fraction of sp³-hybridized carbons (Fsp3) is 0.105. The minimum absolute atomic E-state index is 0.250. The number of H-pyrrole nitrogens is 2. The quantitative estimate of drug-likeness (QED) is 0.384. The van der Waals surface area contributed by atoms with Crippen LogP contribution in [0.2, 0.25) is 0 Å². The van der Waals surface area contributed by atoms with Gasteiger partial charge in [0.05, 0.1) is 11.4 Å². The molecule has 0 radical (unpaired) electrons. The lowest BCUT2D eigenvalue weighted by Gasteiger charge is -1.95. The molecule has 122 valence electrons. The number of rotatable bonds is 1. The van der Waals surface area contributed by atoms with Gasteiger partial charge in [-0.15, -0.1) is 0 Å². The maximum atomic E-state index is 8.36. The van der Waals surface area contributed by atoms with Gasteiger partial charge in [0.15, 0.2) is 0 Å². The zero-order chi connectivity index (χ0) is 17.3. The Bertz CT molecular complexity index is 1030. The average molecular weight is 385 g/mol. The van der Waals surface area contributed by atoms with Crippen LogP contribution in [0.4, 0.5) is 0 Å². The van der Waals surface area contributed by atoms with Crippen LogP contribution in [0.1, 0.15) is 11.1 Å². The van der Waals surface area contributed by atoms with Gasteiger partial charge in [0.1, 0.15) is 0 Å². The number of aromatic amines is 2. The first kappa shape index (κ1) is 16.3. The van der Waals surface area contributed by atoms with Crippen LogP contribution in [-0.4, -0.2) is 21.5 Å². The summed E-state index contributed by atoms with van der Waals surface area (Å²) in [5.41, 5.74) is 7.20. The van der Waals surface area contributed by atoms with Crippen LogP contribution in [0.5, 0.6) is 0 Å². The predicted octanol–water partition coefficient (Wildman–Crippen LogP) is 5.40. The molecule has 3 N–H and O–H groups in total. The molecule has 0 saturated carbocycles. The summed E-state index contributed by atoms with van der Waals surface area (Å²) in [6, 6.07) is 15.1. The van der Waals surface area contributed by atoms with Crippen molar-refractivity contribution in [3.05, 3.63) is 58.1 Å². The second-order valence-corrected chi connectivity index (χ2v) is 6.61. The smallest absolute Gasteiger partial charge is 0.290 e. The van der Waals surface area contributed by atoms with Crippen molar-refractivity contribution in [2.75, 3.05) is 0 Å². The number of halogens is 1. The van der Waals surface area contributed by atoms with Crippen LogP contribution in [0.25, 0.3) is 33.2 Å². The van der Waals surface area contributed by atoms with E-state index in [1.165, 1.54) is 27.4 Å². The summed E-state index contributed by atoms with van der Waals surface area (Å²) in [5.74, 6) is 0. The van der Waals surface area contributed by atoms with Gasteiger partial charge in [-0.3, -0.25) is 4.79 Å². The Morgan fingerprint density at radius 1 is 1.00 bits per heavy atom. The Hall–Kier alpha value is -2.53. The molecule has 0 amide bonds. The van der Waals surface area contributed by atoms with E-state index in [9.17, 15) is 0 Å². The van der Waals surface area contributed by atoms with Gasteiger partial charge in [-0.05, 0) is 49.7 Å². The first-order valence-corrected chi connectivity index (χ1v) is 8.28. The SMILES string of the molecule is Cc1ccc2[nH]c(-c3[nH]c4cc(Br)ccc4c3C)cc2c1.O=CO. The van der Waals surface area contributed by atoms with Crippen molar-refractivity contribution in [2.24, 2.45) is 0 Å². The summed E-state index contributed by atoms with van der Waals surface area (Å²) < 4.78 is 1.09. The van der Waals surface area contributed by atoms with Crippen LogP contribution in [0, 0.1) is 13.8 Å². The summed E-state index contributed by atoms with van der Waals surface area (Å²) in [4.78, 5) is 15.4. The molecule has 2 aromatic carbocycles. The summed E-state index contributed by atoms with van der Waals surface area (Å²) in [6.07, 6.45) is 0. The number of hydrogen-bond acceptors (Lipinski definition) is 1. The second-order valence-electron chi connectivity index (χ2n) is 5.69. The van der Waals surface area contributed by atoms with Crippen molar-refractivity contribution in [1.29, 1.82) is 0 Å². The van der Waals surface area contributed by atoms with E-state index >= 15 is 0 Å². The van der Waals surface area contributed by atoms with Gasteiger partial charge in [0.25, 0.3) is 6.47 Å². The number of hydrogen-bond donors (Lipinski definition) is 3. The molecular weight excluding hydrogens is 368 g/mol. The topological polar surface area (TPSA) is 68.9 Å². The monoisotopic (exact) mass is 384 g/mol. The number of fused-ring (bicyclic) bond motifs is 2. The Morgan fingerprint density at radius 3 is 2.50 bits per heavy atom. The van der Waals surface area contributed by atoms with E-state index in [0.29, 0.717) is 0 Å². The number of benzene rings is 2. The molecule has 2 heterocycles. The Balaban J connectivity index is 0.000000526. The standard InChI is InChI=1S/C18H15BrN2.CH2O2/c1-10-3-6-15-12(7-10)8-17(20-15)18-11(2)14-5-4-13(19)9-16(14)21-18;2-1-3/h3-9,20-21H,1-2H3;1H,(H,2,3). The van der Waals surface area contributed by atoms with Gasteiger partial charge in [0, 0.05) is 26.3 Å². The van der Waals surface area contributed by atoms with Crippen molar-refractivity contribution < 1.29 is 9.90 Å². The minimum Gasteiger partial charge on any atom is -0.483 e. The molecule has 0 fully saturated rings.